The lowest BCUT2D eigenvalue weighted by molar-refractivity contribution is 0.586. The highest BCUT2D eigenvalue weighted by molar-refractivity contribution is 8.00. The van der Waals surface area contributed by atoms with Crippen molar-refractivity contribution in [3.8, 4) is 0 Å². The van der Waals surface area contributed by atoms with Gasteiger partial charge in [-0.3, -0.25) is 0 Å². The van der Waals surface area contributed by atoms with Crippen molar-refractivity contribution in [2.45, 2.75) is 24.5 Å². The number of anilines is 2. The van der Waals surface area contributed by atoms with E-state index in [1.54, 1.807) is 0 Å². The molecule has 2 heterocycles. The third-order valence-electron chi connectivity index (χ3n) is 3.33. The van der Waals surface area contributed by atoms with Gasteiger partial charge in [-0.05, 0) is 43.7 Å². The maximum absolute atomic E-state index is 5.72. The summed E-state index contributed by atoms with van der Waals surface area (Å²) in [6.45, 7) is 3.18. The first-order valence-corrected chi connectivity index (χ1v) is 7.17. The van der Waals surface area contributed by atoms with Gasteiger partial charge in [-0.2, -0.15) is 16.7 Å². The number of hydrogen-bond donors (Lipinski definition) is 2. The molecule has 4 nitrogen and oxygen atoms in total. The Hall–Kier alpha value is -1.36. The summed E-state index contributed by atoms with van der Waals surface area (Å²) in [7, 11) is 0. The first-order chi connectivity index (χ1) is 8.65. The molecule has 0 saturated carbocycles. The van der Waals surface area contributed by atoms with Gasteiger partial charge >= 0.3 is 0 Å². The Labute approximate surface area is 110 Å². The van der Waals surface area contributed by atoms with Crippen LogP contribution in [0.4, 0.5) is 11.7 Å². The van der Waals surface area contributed by atoms with E-state index in [0.717, 1.165) is 17.6 Å². The molecule has 18 heavy (non-hydrogen) atoms. The summed E-state index contributed by atoms with van der Waals surface area (Å²) < 4.78 is 5.95. The SMILES string of the molecule is CC1(CNc2nc3cc(N)ccc3o2)CCCS1. The monoisotopic (exact) mass is 263 g/mol. The molecule has 1 unspecified atom stereocenters. The zero-order chi connectivity index (χ0) is 12.6. The van der Waals surface area contributed by atoms with Gasteiger partial charge in [0.05, 0.1) is 0 Å². The van der Waals surface area contributed by atoms with Gasteiger partial charge in [-0.15, -0.1) is 0 Å². The van der Waals surface area contributed by atoms with Crippen molar-refractivity contribution in [3.63, 3.8) is 0 Å². The summed E-state index contributed by atoms with van der Waals surface area (Å²) in [6.07, 6.45) is 2.55. The Balaban J connectivity index is 1.74. The number of nitrogen functional groups attached to an aromatic ring is 1. The largest absolute Gasteiger partial charge is 0.424 e. The number of aromatic nitrogens is 1. The average molecular weight is 263 g/mol. The summed E-state index contributed by atoms with van der Waals surface area (Å²) in [5, 5.41) is 3.30. The molecule has 2 aromatic rings. The molecule has 3 rings (SSSR count). The predicted molar refractivity (Wildman–Crippen MR) is 77.0 cm³/mol. The van der Waals surface area contributed by atoms with E-state index in [9.17, 15) is 0 Å². The highest BCUT2D eigenvalue weighted by atomic mass is 32.2. The van der Waals surface area contributed by atoms with Gasteiger partial charge in [0.2, 0.25) is 0 Å². The van der Waals surface area contributed by atoms with E-state index in [4.69, 9.17) is 10.2 Å². The minimum absolute atomic E-state index is 0.305. The molecule has 1 aliphatic heterocycles. The highest BCUT2D eigenvalue weighted by Crippen LogP contribution is 2.37. The lowest BCUT2D eigenvalue weighted by Crippen LogP contribution is -2.27. The zero-order valence-electron chi connectivity index (χ0n) is 10.4. The van der Waals surface area contributed by atoms with Crippen molar-refractivity contribution in [2.24, 2.45) is 0 Å². The smallest absolute Gasteiger partial charge is 0.295 e. The summed E-state index contributed by atoms with van der Waals surface area (Å²) in [5.41, 5.74) is 8.01. The molecule has 1 aromatic heterocycles. The van der Waals surface area contributed by atoms with E-state index in [1.165, 1.54) is 18.6 Å². The van der Waals surface area contributed by atoms with Crippen molar-refractivity contribution < 1.29 is 4.42 Å². The zero-order valence-corrected chi connectivity index (χ0v) is 11.2. The molecule has 1 fully saturated rings. The van der Waals surface area contributed by atoms with Crippen LogP contribution in [-0.2, 0) is 0 Å². The second-order valence-corrected chi connectivity index (χ2v) is 6.68. The van der Waals surface area contributed by atoms with Crippen LogP contribution in [0.5, 0.6) is 0 Å². The number of hydrogen-bond acceptors (Lipinski definition) is 5. The number of rotatable bonds is 3. The Kier molecular flexibility index (Phi) is 2.86. The van der Waals surface area contributed by atoms with Crippen LogP contribution in [0.1, 0.15) is 19.8 Å². The van der Waals surface area contributed by atoms with Crippen LogP contribution in [-0.4, -0.2) is 22.0 Å². The van der Waals surface area contributed by atoms with Crippen LogP contribution in [0, 0.1) is 0 Å². The van der Waals surface area contributed by atoms with Crippen LogP contribution < -0.4 is 11.1 Å². The number of nitrogens with two attached hydrogens (primary N) is 1. The van der Waals surface area contributed by atoms with Crippen LogP contribution >= 0.6 is 11.8 Å². The van der Waals surface area contributed by atoms with Gasteiger partial charge in [-0.1, -0.05) is 0 Å². The van der Waals surface area contributed by atoms with Gasteiger partial charge in [0, 0.05) is 17.0 Å². The van der Waals surface area contributed by atoms with Crippen molar-refractivity contribution in [1.82, 2.24) is 4.98 Å². The lowest BCUT2D eigenvalue weighted by atomic mass is 10.1. The molecule has 0 amide bonds. The summed E-state index contributed by atoms with van der Waals surface area (Å²) in [4.78, 5) is 4.40. The second-order valence-electron chi connectivity index (χ2n) is 5.00. The van der Waals surface area contributed by atoms with Gasteiger partial charge in [0.25, 0.3) is 6.01 Å². The number of fused-ring (bicyclic) bond motifs is 1. The van der Waals surface area contributed by atoms with Crippen LogP contribution in [0.3, 0.4) is 0 Å². The van der Waals surface area contributed by atoms with E-state index in [2.05, 4.69) is 17.2 Å². The Morgan fingerprint density at radius 3 is 3.22 bits per heavy atom. The molecule has 1 atom stereocenters. The Bertz CT molecular complexity index is 560. The Morgan fingerprint density at radius 1 is 1.56 bits per heavy atom. The maximum atomic E-state index is 5.72. The molecule has 96 valence electrons. The van der Waals surface area contributed by atoms with Crippen LogP contribution in [0.15, 0.2) is 22.6 Å². The van der Waals surface area contributed by atoms with Crippen molar-refractivity contribution in [3.05, 3.63) is 18.2 Å². The highest BCUT2D eigenvalue weighted by Gasteiger charge is 2.29. The lowest BCUT2D eigenvalue weighted by Gasteiger charge is -2.21. The number of oxazole rings is 1. The fourth-order valence-electron chi connectivity index (χ4n) is 2.26. The number of nitrogens with zero attached hydrogens (tertiary/aromatic N) is 1. The first-order valence-electron chi connectivity index (χ1n) is 6.19. The summed E-state index contributed by atoms with van der Waals surface area (Å²) in [6, 6.07) is 6.10. The molecular formula is C13H17N3OS. The second kappa shape index (κ2) is 4.39. The Morgan fingerprint density at radius 2 is 2.44 bits per heavy atom. The topological polar surface area (TPSA) is 64.1 Å². The van der Waals surface area contributed by atoms with E-state index in [0.29, 0.717) is 16.4 Å². The molecule has 0 bridgehead atoms. The minimum Gasteiger partial charge on any atom is -0.424 e. The quantitative estimate of drug-likeness (QED) is 0.833. The summed E-state index contributed by atoms with van der Waals surface area (Å²) >= 11 is 2.02. The van der Waals surface area contributed by atoms with Gasteiger partial charge in [-0.25, -0.2) is 0 Å². The number of thioether (sulfide) groups is 1. The van der Waals surface area contributed by atoms with Gasteiger partial charge in [0.1, 0.15) is 5.52 Å². The number of benzene rings is 1. The van der Waals surface area contributed by atoms with Crippen molar-refractivity contribution in [1.29, 1.82) is 0 Å². The van der Waals surface area contributed by atoms with E-state index >= 15 is 0 Å². The fourth-order valence-corrected chi connectivity index (χ4v) is 3.50. The van der Waals surface area contributed by atoms with Gasteiger partial charge in [0.15, 0.2) is 5.58 Å². The van der Waals surface area contributed by atoms with Crippen molar-refractivity contribution in [2.75, 3.05) is 23.3 Å². The third kappa shape index (κ3) is 2.27. The molecule has 1 saturated heterocycles. The standard InChI is InChI=1S/C13H17N3OS/c1-13(5-2-6-18-13)8-15-12-16-10-7-9(14)3-4-11(10)17-12/h3-4,7H,2,5-6,8,14H2,1H3,(H,15,16). The maximum Gasteiger partial charge on any atom is 0.295 e. The van der Waals surface area contributed by atoms with E-state index in [1.807, 2.05) is 30.0 Å². The first kappa shape index (κ1) is 11.7. The average Bonchev–Trinajstić information content (AvgIpc) is 2.93. The van der Waals surface area contributed by atoms with E-state index in [-0.39, 0.29) is 0 Å². The molecule has 3 N–H and O–H groups in total. The number of nitrogens with one attached hydrogen (secondary N) is 1. The van der Waals surface area contributed by atoms with E-state index < -0.39 is 0 Å². The molecule has 5 heteroatoms. The minimum atomic E-state index is 0.305. The van der Waals surface area contributed by atoms with Crippen LogP contribution in [0.2, 0.25) is 0 Å². The predicted octanol–water partition coefficient (Wildman–Crippen LogP) is 3.11. The molecular weight excluding hydrogens is 246 g/mol. The van der Waals surface area contributed by atoms with Gasteiger partial charge < -0.3 is 15.5 Å². The molecule has 0 aliphatic carbocycles. The normalized spacial score (nSPS) is 23.6. The fraction of sp³-hybridized carbons (Fsp3) is 0.462. The third-order valence-corrected chi connectivity index (χ3v) is 4.86. The summed E-state index contributed by atoms with van der Waals surface area (Å²) in [5.74, 6) is 1.25. The van der Waals surface area contributed by atoms with Crippen LogP contribution in [0.25, 0.3) is 11.1 Å². The molecule has 1 aromatic carbocycles. The van der Waals surface area contributed by atoms with Crippen molar-refractivity contribution >= 4 is 34.6 Å². The molecule has 0 radical (unpaired) electrons. The molecule has 1 aliphatic rings. The molecule has 0 spiro atoms.